The Kier molecular flexibility index (Phi) is 3.88. The van der Waals surface area contributed by atoms with Gasteiger partial charge >= 0.3 is 0 Å². The fourth-order valence-electron chi connectivity index (χ4n) is 3.33. The lowest BCUT2D eigenvalue weighted by molar-refractivity contribution is 0.205. The van der Waals surface area contributed by atoms with Crippen molar-refractivity contribution < 1.29 is 4.74 Å². The smallest absolute Gasteiger partial charge is 0.110 e. The normalized spacial score (nSPS) is 22.8. The summed E-state index contributed by atoms with van der Waals surface area (Å²) in [6, 6.07) is 9.25. The minimum atomic E-state index is 0.367. The predicted octanol–water partition coefficient (Wildman–Crippen LogP) is 3.39. The Morgan fingerprint density at radius 3 is 3.05 bits per heavy atom. The standard InChI is InChI=1S/C17H23NO/c1-2-11-18-17(16-8-5-12-19-16)15-10-9-13-6-3-4-7-14(13)15/h3-4,6-8,15,17-18H,2,5,9-12H2,1H3. The monoisotopic (exact) mass is 257 g/mol. The molecule has 0 amide bonds. The van der Waals surface area contributed by atoms with Crippen LogP contribution < -0.4 is 5.32 Å². The van der Waals surface area contributed by atoms with Crippen LogP contribution in [0.1, 0.15) is 43.2 Å². The van der Waals surface area contributed by atoms with Gasteiger partial charge in [-0.15, -0.1) is 0 Å². The van der Waals surface area contributed by atoms with E-state index >= 15 is 0 Å². The fourth-order valence-corrected chi connectivity index (χ4v) is 3.33. The van der Waals surface area contributed by atoms with Crippen LogP contribution in [0.3, 0.4) is 0 Å². The molecule has 2 aliphatic rings. The second-order valence-corrected chi connectivity index (χ2v) is 5.52. The number of aryl methyl sites for hydroxylation is 1. The molecule has 3 rings (SSSR count). The van der Waals surface area contributed by atoms with Gasteiger partial charge in [-0.3, -0.25) is 0 Å². The first-order chi connectivity index (χ1) is 9.40. The number of hydrogen-bond donors (Lipinski definition) is 1. The Morgan fingerprint density at radius 1 is 1.37 bits per heavy atom. The lowest BCUT2D eigenvalue weighted by atomic mass is 9.91. The highest BCUT2D eigenvalue weighted by Crippen LogP contribution is 2.38. The van der Waals surface area contributed by atoms with Gasteiger partial charge in [0.05, 0.1) is 12.6 Å². The summed E-state index contributed by atoms with van der Waals surface area (Å²) in [6.45, 7) is 4.13. The summed E-state index contributed by atoms with van der Waals surface area (Å²) in [6.07, 6.45) is 6.94. The molecule has 0 saturated heterocycles. The number of hydrogen-bond acceptors (Lipinski definition) is 2. The van der Waals surface area contributed by atoms with E-state index in [0.29, 0.717) is 12.0 Å². The maximum Gasteiger partial charge on any atom is 0.110 e. The molecule has 1 aliphatic carbocycles. The third kappa shape index (κ3) is 2.55. The molecule has 1 aromatic rings. The van der Waals surface area contributed by atoms with Crippen molar-refractivity contribution in [1.29, 1.82) is 0 Å². The van der Waals surface area contributed by atoms with E-state index in [-0.39, 0.29) is 0 Å². The molecule has 1 aliphatic heterocycles. The molecule has 2 heteroatoms. The van der Waals surface area contributed by atoms with E-state index < -0.39 is 0 Å². The summed E-state index contributed by atoms with van der Waals surface area (Å²) >= 11 is 0. The highest BCUT2D eigenvalue weighted by atomic mass is 16.5. The first kappa shape index (κ1) is 12.7. The molecule has 1 heterocycles. The van der Waals surface area contributed by atoms with Crippen LogP contribution in [0.4, 0.5) is 0 Å². The molecule has 2 atom stereocenters. The first-order valence-electron chi connectivity index (χ1n) is 7.54. The van der Waals surface area contributed by atoms with Gasteiger partial charge in [-0.2, -0.15) is 0 Å². The Labute approximate surface area is 115 Å². The number of benzene rings is 1. The molecule has 1 N–H and O–H groups in total. The topological polar surface area (TPSA) is 21.3 Å². The van der Waals surface area contributed by atoms with Crippen molar-refractivity contribution >= 4 is 0 Å². The highest BCUT2D eigenvalue weighted by Gasteiger charge is 2.33. The van der Waals surface area contributed by atoms with Gasteiger partial charge in [0.2, 0.25) is 0 Å². The third-order valence-electron chi connectivity index (χ3n) is 4.23. The minimum Gasteiger partial charge on any atom is -0.496 e. The molecule has 0 aromatic heterocycles. The quantitative estimate of drug-likeness (QED) is 0.873. The van der Waals surface area contributed by atoms with E-state index in [2.05, 4.69) is 42.6 Å². The lowest BCUT2D eigenvalue weighted by Crippen LogP contribution is -2.36. The third-order valence-corrected chi connectivity index (χ3v) is 4.23. The average molecular weight is 257 g/mol. The van der Waals surface area contributed by atoms with Crippen LogP contribution in [0.5, 0.6) is 0 Å². The molecule has 1 aromatic carbocycles. The highest BCUT2D eigenvalue weighted by molar-refractivity contribution is 5.38. The summed E-state index contributed by atoms with van der Waals surface area (Å²) in [5.41, 5.74) is 3.04. The van der Waals surface area contributed by atoms with Gasteiger partial charge < -0.3 is 10.1 Å². The average Bonchev–Trinajstić information content (AvgIpc) is 3.09. The van der Waals surface area contributed by atoms with E-state index in [9.17, 15) is 0 Å². The molecule has 0 spiro atoms. The van der Waals surface area contributed by atoms with Gasteiger partial charge in [0.15, 0.2) is 0 Å². The van der Waals surface area contributed by atoms with E-state index in [1.54, 1.807) is 0 Å². The Balaban J connectivity index is 1.84. The fraction of sp³-hybridized carbons (Fsp3) is 0.529. The molecule has 0 saturated carbocycles. The Hall–Kier alpha value is -1.28. The van der Waals surface area contributed by atoms with Crippen molar-refractivity contribution in [3.05, 3.63) is 47.2 Å². The summed E-state index contributed by atoms with van der Waals surface area (Å²) in [5.74, 6) is 1.75. The van der Waals surface area contributed by atoms with Crippen molar-refractivity contribution in [2.75, 3.05) is 13.2 Å². The van der Waals surface area contributed by atoms with E-state index in [1.165, 1.54) is 29.7 Å². The van der Waals surface area contributed by atoms with Gasteiger partial charge in [0, 0.05) is 12.3 Å². The van der Waals surface area contributed by atoms with Crippen LogP contribution in [0, 0.1) is 0 Å². The summed E-state index contributed by atoms with van der Waals surface area (Å²) in [7, 11) is 0. The summed E-state index contributed by atoms with van der Waals surface area (Å²) in [5, 5.41) is 3.70. The number of rotatable bonds is 5. The van der Waals surface area contributed by atoms with Gasteiger partial charge in [-0.05, 0) is 43.0 Å². The van der Waals surface area contributed by atoms with Crippen molar-refractivity contribution in [3.8, 4) is 0 Å². The zero-order chi connectivity index (χ0) is 13.1. The molecular weight excluding hydrogens is 234 g/mol. The molecule has 0 radical (unpaired) electrons. The zero-order valence-electron chi connectivity index (χ0n) is 11.7. The molecule has 0 fully saturated rings. The molecule has 2 unspecified atom stereocenters. The Morgan fingerprint density at radius 2 is 2.26 bits per heavy atom. The molecule has 2 nitrogen and oxygen atoms in total. The first-order valence-corrected chi connectivity index (χ1v) is 7.54. The zero-order valence-corrected chi connectivity index (χ0v) is 11.7. The maximum absolute atomic E-state index is 5.84. The molecule has 0 bridgehead atoms. The van der Waals surface area contributed by atoms with Crippen molar-refractivity contribution in [1.82, 2.24) is 5.32 Å². The number of nitrogens with one attached hydrogen (secondary N) is 1. The molecule has 19 heavy (non-hydrogen) atoms. The predicted molar refractivity (Wildman–Crippen MR) is 78.2 cm³/mol. The second kappa shape index (κ2) is 5.79. The largest absolute Gasteiger partial charge is 0.496 e. The molecular formula is C17H23NO. The van der Waals surface area contributed by atoms with Crippen LogP contribution >= 0.6 is 0 Å². The minimum absolute atomic E-state index is 0.367. The van der Waals surface area contributed by atoms with Crippen LogP contribution in [0.25, 0.3) is 0 Å². The Bertz CT molecular complexity index is 466. The van der Waals surface area contributed by atoms with Crippen LogP contribution in [-0.2, 0) is 11.2 Å². The van der Waals surface area contributed by atoms with Crippen LogP contribution in [0.2, 0.25) is 0 Å². The maximum atomic E-state index is 5.84. The van der Waals surface area contributed by atoms with Crippen molar-refractivity contribution in [2.45, 2.75) is 44.6 Å². The van der Waals surface area contributed by atoms with Gasteiger partial charge in [-0.1, -0.05) is 31.2 Å². The van der Waals surface area contributed by atoms with E-state index in [1.807, 2.05) is 0 Å². The lowest BCUT2D eigenvalue weighted by Gasteiger charge is -2.26. The summed E-state index contributed by atoms with van der Waals surface area (Å²) in [4.78, 5) is 0. The van der Waals surface area contributed by atoms with E-state index in [4.69, 9.17) is 4.74 Å². The number of fused-ring (bicyclic) bond motifs is 1. The van der Waals surface area contributed by atoms with Crippen molar-refractivity contribution in [2.24, 2.45) is 0 Å². The number of ether oxygens (including phenoxy) is 1. The van der Waals surface area contributed by atoms with Gasteiger partial charge in [0.25, 0.3) is 0 Å². The second-order valence-electron chi connectivity index (χ2n) is 5.52. The van der Waals surface area contributed by atoms with Crippen LogP contribution in [-0.4, -0.2) is 19.2 Å². The van der Waals surface area contributed by atoms with Gasteiger partial charge in [-0.25, -0.2) is 0 Å². The SMILES string of the molecule is CCCNC(C1=CCCO1)C1CCc2ccccc21. The van der Waals surface area contributed by atoms with E-state index in [0.717, 1.165) is 26.0 Å². The molecule has 102 valence electrons. The van der Waals surface area contributed by atoms with Gasteiger partial charge in [0.1, 0.15) is 5.76 Å². The van der Waals surface area contributed by atoms with Crippen molar-refractivity contribution in [3.63, 3.8) is 0 Å². The summed E-state index contributed by atoms with van der Waals surface area (Å²) < 4.78 is 5.84. The van der Waals surface area contributed by atoms with Crippen LogP contribution in [0.15, 0.2) is 36.1 Å².